The molecule has 0 aromatic carbocycles. The van der Waals surface area contributed by atoms with Crippen LogP contribution in [0.25, 0.3) is 0 Å². The van der Waals surface area contributed by atoms with Gasteiger partial charge in [0.05, 0.1) is 6.61 Å². The van der Waals surface area contributed by atoms with Gasteiger partial charge >= 0.3 is 5.97 Å². The number of ether oxygens (including phenoxy) is 1. The van der Waals surface area contributed by atoms with Gasteiger partial charge in [-0.3, -0.25) is 10.1 Å². The summed E-state index contributed by atoms with van der Waals surface area (Å²) in [4.78, 5) is 13.6. The summed E-state index contributed by atoms with van der Waals surface area (Å²) in [5.41, 5.74) is -0.831. The molecular formula is C13H26N2O3. The fraction of sp³-hybridized carbons (Fsp3) is 0.923. The molecule has 0 aromatic heterocycles. The molecule has 0 saturated heterocycles. The summed E-state index contributed by atoms with van der Waals surface area (Å²) >= 11 is 0. The number of carboxylic acids is 1. The van der Waals surface area contributed by atoms with Crippen LogP contribution in [-0.2, 0) is 9.53 Å². The second-order valence-corrected chi connectivity index (χ2v) is 5.58. The molecule has 0 spiro atoms. The lowest BCUT2D eigenvalue weighted by Crippen LogP contribution is -2.54. The van der Waals surface area contributed by atoms with Crippen LogP contribution in [0.15, 0.2) is 0 Å². The van der Waals surface area contributed by atoms with Gasteiger partial charge in [-0.15, -0.1) is 0 Å². The van der Waals surface area contributed by atoms with E-state index in [4.69, 9.17) is 4.74 Å². The highest BCUT2D eigenvalue weighted by molar-refractivity contribution is 5.78. The Bertz CT molecular complexity index is 281. The molecule has 2 atom stereocenters. The van der Waals surface area contributed by atoms with Crippen LogP contribution < -0.4 is 5.32 Å². The fourth-order valence-electron chi connectivity index (χ4n) is 2.09. The molecule has 1 aliphatic carbocycles. The predicted molar refractivity (Wildman–Crippen MR) is 70.8 cm³/mol. The number of carboxylic acid groups (broad SMARTS) is 1. The van der Waals surface area contributed by atoms with Crippen LogP contribution >= 0.6 is 0 Å². The second-order valence-electron chi connectivity index (χ2n) is 5.58. The number of nitrogens with zero attached hydrogens (tertiary/aromatic N) is 1. The van der Waals surface area contributed by atoms with Gasteiger partial charge in [0.2, 0.25) is 0 Å². The van der Waals surface area contributed by atoms with Gasteiger partial charge in [-0.25, -0.2) is 0 Å². The van der Waals surface area contributed by atoms with Crippen molar-refractivity contribution in [2.24, 2.45) is 0 Å². The third kappa shape index (κ3) is 4.55. The maximum atomic E-state index is 11.5. The number of methoxy groups -OCH3 is 1. The second kappa shape index (κ2) is 6.50. The van der Waals surface area contributed by atoms with Crippen LogP contribution in [-0.4, -0.2) is 60.9 Å². The summed E-state index contributed by atoms with van der Waals surface area (Å²) in [6.45, 7) is 5.33. The Hall–Kier alpha value is -0.650. The third-order valence-corrected chi connectivity index (χ3v) is 3.68. The zero-order chi connectivity index (χ0) is 13.8. The van der Waals surface area contributed by atoms with E-state index in [1.54, 1.807) is 14.0 Å². The van der Waals surface area contributed by atoms with Crippen molar-refractivity contribution in [3.05, 3.63) is 0 Å². The maximum absolute atomic E-state index is 11.5. The first-order chi connectivity index (χ1) is 8.39. The van der Waals surface area contributed by atoms with E-state index >= 15 is 0 Å². The summed E-state index contributed by atoms with van der Waals surface area (Å²) in [5, 5.41) is 12.7. The van der Waals surface area contributed by atoms with E-state index in [9.17, 15) is 9.90 Å². The van der Waals surface area contributed by atoms with Gasteiger partial charge in [0.1, 0.15) is 5.54 Å². The Kier molecular flexibility index (Phi) is 5.56. The summed E-state index contributed by atoms with van der Waals surface area (Å²) in [7, 11) is 3.68. The van der Waals surface area contributed by atoms with Crippen LogP contribution in [0.5, 0.6) is 0 Å². The normalized spacial score (nSPS) is 20.7. The molecule has 1 fully saturated rings. The monoisotopic (exact) mass is 258 g/mol. The van der Waals surface area contributed by atoms with Crippen LogP contribution in [0.4, 0.5) is 0 Å². The van der Waals surface area contributed by atoms with Crippen molar-refractivity contribution in [1.82, 2.24) is 10.2 Å². The van der Waals surface area contributed by atoms with Gasteiger partial charge in [0, 0.05) is 25.7 Å². The van der Waals surface area contributed by atoms with E-state index in [0.29, 0.717) is 19.1 Å². The van der Waals surface area contributed by atoms with Gasteiger partial charge in [0.25, 0.3) is 0 Å². The molecule has 5 heteroatoms. The van der Waals surface area contributed by atoms with E-state index in [1.807, 2.05) is 7.05 Å². The molecular weight excluding hydrogens is 232 g/mol. The molecule has 18 heavy (non-hydrogen) atoms. The molecule has 2 unspecified atom stereocenters. The Labute approximate surface area is 109 Å². The fourth-order valence-corrected chi connectivity index (χ4v) is 2.09. The molecule has 1 aliphatic rings. The van der Waals surface area contributed by atoms with Crippen molar-refractivity contribution in [3.63, 3.8) is 0 Å². The molecule has 1 rings (SSSR count). The molecule has 0 aromatic rings. The van der Waals surface area contributed by atoms with Gasteiger partial charge in [-0.05, 0) is 40.2 Å². The van der Waals surface area contributed by atoms with Gasteiger partial charge < -0.3 is 14.7 Å². The molecule has 0 radical (unpaired) electrons. The number of likely N-dealkylation sites (N-methyl/N-ethyl adjacent to an activating group) is 1. The van der Waals surface area contributed by atoms with E-state index in [0.717, 1.165) is 19.4 Å². The molecule has 1 saturated carbocycles. The maximum Gasteiger partial charge on any atom is 0.323 e. The van der Waals surface area contributed by atoms with Crippen molar-refractivity contribution < 1.29 is 14.6 Å². The quantitative estimate of drug-likeness (QED) is 0.644. The highest BCUT2D eigenvalue weighted by Crippen LogP contribution is 2.25. The van der Waals surface area contributed by atoms with Crippen molar-refractivity contribution in [1.29, 1.82) is 0 Å². The number of aliphatic carboxylic acids is 1. The minimum atomic E-state index is -0.831. The summed E-state index contributed by atoms with van der Waals surface area (Å²) < 4.78 is 5.04. The Morgan fingerprint density at radius 1 is 1.61 bits per heavy atom. The first kappa shape index (κ1) is 15.4. The Morgan fingerprint density at radius 3 is 2.67 bits per heavy atom. The number of hydrogen-bond acceptors (Lipinski definition) is 4. The minimum Gasteiger partial charge on any atom is -0.480 e. The summed E-state index contributed by atoms with van der Waals surface area (Å²) in [6.07, 6.45) is 2.78. The van der Waals surface area contributed by atoms with Gasteiger partial charge in [-0.1, -0.05) is 0 Å². The van der Waals surface area contributed by atoms with Crippen LogP contribution in [0, 0.1) is 0 Å². The van der Waals surface area contributed by atoms with E-state index in [1.165, 1.54) is 0 Å². The topological polar surface area (TPSA) is 61.8 Å². The highest BCUT2D eigenvalue weighted by atomic mass is 16.5. The van der Waals surface area contributed by atoms with Crippen molar-refractivity contribution in [2.75, 3.05) is 27.3 Å². The summed E-state index contributed by atoms with van der Waals surface area (Å²) in [5.74, 6) is -0.763. The first-order valence-electron chi connectivity index (χ1n) is 6.59. The standard InChI is InChI=1S/C13H26N2O3/c1-10(15(3)7-8-18-4)9-13(2,12(16)17)14-11-5-6-11/h10-11,14H,5-9H2,1-4H3,(H,16,17). The van der Waals surface area contributed by atoms with Crippen LogP contribution in [0.2, 0.25) is 0 Å². The average Bonchev–Trinajstić information content (AvgIpc) is 3.09. The Morgan fingerprint density at radius 2 is 2.22 bits per heavy atom. The van der Waals surface area contributed by atoms with E-state index in [-0.39, 0.29) is 6.04 Å². The van der Waals surface area contributed by atoms with Crippen LogP contribution in [0.1, 0.15) is 33.1 Å². The molecule has 106 valence electrons. The van der Waals surface area contributed by atoms with E-state index in [2.05, 4.69) is 17.1 Å². The number of rotatable bonds is 9. The first-order valence-corrected chi connectivity index (χ1v) is 6.59. The number of hydrogen-bond donors (Lipinski definition) is 2. The lowest BCUT2D eigenvalue weighted by molar-refractivity contribution is -0.145. The zero-order valence-corrected chi connectivity index (χ0v) is 11.9. The molecule has 2 N–H and O–H groups in total. The molecule has 0 heterocycles. The van der Waals surface area contributed by atoms with Crippen molar-refractivity contribution in [2.45, 2.75) is 50.7 Å². The third-order valence-electron chi connectivity index (χ3n) is 3.68. The SMILES string of the molecule is COCCN(C)C(C)CC(C)(NC1CC1)C(=O)O. The molecule has 5 nitrogen and oxygen atoms in total. The minimum absolute atomic E-state index is 0.201. The van der Waals surface area contributed by atoms with Crippen LogP contribution in [0.3, 0.4) is 0 Å². The largest absolute Gasteiger partial charge is 0.480 e. The Balaban J connectivity index is 2.50. The van der Waals surface area contributed by atoms with Gasteiger partial charge in [0.15, 0.2) is 0 Å². The molecule has 0 bridgehead atoms. The lowest BCUT2D eigenvalue weighted by atomic mass is 9.93. The van der Waals surface area contributed by atoms with Crippen molar-refractivity contribution >= 4 is 5.97 Å². The number of nitrogens with one attached hydrogen (secondary N) is 1. The molecule has 0 amide bonds. The smallest absolute Gasteiger partial charge is 0.323 e. The lowest BCUT2D eigenvalue weighted by Gasteiger charge is -2.33. The van der Waals surface area contributed by atoms with E-state index < -0.39 is 11.5 Å². The predicted octanol–water partition coefficient (Wildman–Crippen LogP) is 0.939. The molecule has 0 aliphatic heterocycles. The number of carbonyl (C=O) groups is 1. The zero-order valence-electron chi connectivity index (χ0n) is 11.9. The van der Waals surface area contributed by atoms with Crippen molar-refractivity contribution in [3.8, 4) is 0 Å². The average molecular weight is 258 g/mol. The van der Waals surface area contributed by atoms with Gasteiger partial charge in [-0.2, -0.15) is 0 Å². The highest BCUT2D eigenvalue weighted by Gasteiger charge is 2.39. The summed E-state index contributed by atoms with van der Waals surface area (Å²) in [6, 6.07) is 0.593.